The van der Waals surface area contributed by atoms with Gasteiger partial charge in [0.15, 0.2) is 0 Å². The van der Waals surface area contributed by atoms with Gasteiger partial charge < -0.3 is 19.7 Å². The molecule has 0 saturated carbocycles. The van der Waals surface area contributed by atoms with Crippen LogP contribution >= 0.6 is 0 Å². The van der Waals surface area contributed by atoms with Gasteiger partial charge in [-0.15, -0.1) is 0 Å². The lowest BCUT2D eigenvalue weighted by Crippen LogP contribution is -2.29. The molecule has 294 valence electrons. The van der Waals surface area contributed by atoms with Gasteiger partial charge in [-0.2, -0.15) is 0 Å². The maximum Gasteiger partial charge on any atom is 0.127 e. The molecule has 0 amide bonds. The van der Waals surface area contributed by atoms with Crippen LogP contribution in [0.25, 0.3) is 76.5 Å². The van der Waals surface area contributed by atoms with Crippen molar-refractivity contribution in [2.45, 2.75) is 5.41 Å². The van der Waals surface area contributed by atoms with Gasteiger partial charge in [0, 0.05) is 10.8 Å². The van der Waals surface area contributed by atoms with Crippen LogP contribution in [-0.4, -0.2) is 36.6 Å². The second-order valence-corrected chi connectivity index (χ2v) is 15.9. The highest BCUT2D eigenvalue weighted by atomic mass is 16.5. The molecule has 10 aromatic rings. The third-order valence-corrected chi connectivity index (χ3v) is 12.6. The lowest BCUT2D eigenvalue weighted by molar-refractivity contribution is 0.203. The van der Waals surface area contributed by atoms with Gasteiger partial charge in [-0.1, -0.05) is 158 Å². The highest BCUT2D eigenvalue weighted by Crippen LogP contribution is 2.60. The average Bonchev–Trinajstić information content (AvgIpc) is 3.61. The molecule has 0 atom stereocenters. The Morgan fingerprint density at radius 3 is 1.13 bits per heavy atom. The first-order chi connectivity index (χ1) is 30.1. The Balaban J connectivity index is 1.25. The Hall–Kier alpha value is -7.24. The summed E-state index contributed by atoms with van der Waals surface area (Å²) in [6, 6.07) is 70.1. The van der Waals surface area contributed by atoms with Gasteiger partial charge in [-0.05, 0) is 124 Å². The average molecular weight is 791 g/mol. The van der Waals surface area contributed by atoms with E-state index in [-0.39, 0.29) is 26.4 Å². The molecule has 4 heteroatoms. The molecule has 2 N–H and O–H groups in total. The van der Waals surface area contributed by atoms with Crippen molar-refractivity contribution in [1.29, 1.82) is 0 Å². The van der Waals surface area contributed by atoms with Crippen molar-refractivity contribution in [1.82, 2.24) is 0 Å². The summed E-state index contributed by atoms with van der Waals surface area (Å²) in [7, 11) is 0. The summed E-state index contributed by atoms with van der Waals surface area (Å²) < 4.78 is 12.4. The van der Waals surface area contributed by atoms with Crippen LogP contribution in [-0.2, 0) is 5.41 Å². The van der Waals surface area contributed by atoms with Crippen molar-refractivity contribution >= 4 is 43.1 Å². The fourth-order valence-electron chi connectivity index (χ4n) is 9.92. The van der Waals surface area contributed by atoms with Gasteiger partial charge in [-0.3, -0.25) is 0 Å². The van der Waals surface area contributed by atoms with Crippen LogP contribution in [0.15, 0.2) is 194 Å². The van der Waals surface area contributed by atoms with Crippen molar-refractivity contribution in [2.24, 2.45) is 0 Å². The van der Waals surface area contributed by atoms with E-state index in [0.717, 1.165) is 66.4 Å². The number of aliphatic hydroxyl groups excluding tert-OH is 2. The van der Waals surface area contributed by atoms with E-state index in [9.17, 15) is 10.2 Å². The summed E-state index contributed by atoms with van der Waals surface area (Å²) in [5.41, 5.74) is 10.8. The normalized spacial score (nSPS) is 12.8. The van der Waals surface area contributed by atoms with Crippen LogP contribution < -0.4 is 9.47 Å². The third kappa shape index (κ3) is 5.98. The van der Waals surface area contributed by atoms with Crippen molar-refractivity contribution in [2.75, 3.05) is 26.4 Å². The van der Waals surface area contributed by atoms with Gasteiger partial charge in [0.05, 0.1) is 18.6 Å². The van der Waals surface area contributed by atoms with E-state index in [1.54, 1.807) is 0 Å². The van der Waals surface area contributed by atoms with E-state index < -0.39 is 5.41 Å². The molecule has 0 aromatic heterocycles. The summed E-state index contributed by atoms with van der Waals surface area (Å²) in [4.78, 5) is 0. The second kappa shape index (κ2) is 15.1. The molecule has 0 radical (unpaired) electrons. The molecule has 0 fully saturated rings. The smallest absolute Gasteiger partial charge is 0.127 e. The van der Waals surface area contributed by atoms with Crippen LogP contribution in [0.5, 0.6) is 11.5 Å². The van der Waals surface area contributed by atoms with Crippen LogP contribution in [0.4, 0.5) is 0 Å². The van der Waals surface area contributed by atoms with E-state index >= 15 is 0 Å². The van der Waals surface area contributed by atoms with Gasteiger partial charge in [0.2, 0.25) is 0 Å². The first-order valence-electron chi connectivity index (χ1n) is 21.0. The standard InChI is InChI=1S/C57H42O4/c58-29-31-60-55-27-25-51(45-13-5-7-15-47(45)55)57(52-26-28-56(61-32-30-59)48-16-8-6-14-46(48)52)53-23-21-43(41-19-17-37-9-1-3-11-39(37)33-41)35-49(53)50-36-44(22-24-54(50)57)42-20-18-38-10-2-4-12-40(38)34-42/h1-28,33-36,58-59H,29-32H2. The SMILES string of the molecule is OCCOc1ccc(C2(c3ccc(OCCO)c4ccccc34)c3ccc(-c4ccc5ccccc5c4)cc3-c3cc(-c4ccc5ccccc5c4)ccc32)c2ccccc12. The predicted octanol–water partition coefficient (Wildman–Crippen LogP) is 12.7. The zero-order valence-corrected chi connectivity index (χ0v) is 33.5. The molecular weight excluding hydrogens is 749 g/mol. The van der Waals surface area contributed by atoms with Gasteiger partial charge >= 0.3 is 0 Å². The lowest BCUT2D eigenvalue weighted by atomic mass is 9.65. The zero-order chi connectivity index (χ0) is 40.9. The monoisotopic (exact) mass is 790 g/mol. The Bertz CT molecular complexity index is 3090. The first kappa shape index (κ1) is 36.8. The van der Waals surface area contributed by atoms with Crippen molar-refractivity contribution in [3.63, 3.8) is 0 Å². The summed E-state index contributed by atoms with van der Waals surface area (Å²) in [6.07, 6.45) is 0. The van der Waals surface area contributed by atoms with E-state index in [1.165, 1.54) is 43.8 Å². The summed E-state index contributed by atoms with van der Waals surface area (Å²) in [6.45, 7) is 0.261. The molecule has 61 heavy (non-hydrogen) atoms. The molecule has 0 saturated heterocycles. The Morgan fingerprint density at radius 2 is 0.689 bits per heavy atom. The number of rotatable bonds is 10. The molecule has 1 aliphatic rings. The van der Waals surface area contributed by atoms with Gasteiger partial charge in [0.1, 0.15) is 24.7 Å². The molecule has 1 aliphatic carbocycles. The zero-order valence-electron chi connectivity index (χ0n) is 33.5. The van der Waals surface area contributed by atoms with Crippen LogP contribution in [0.1, 0.15) is 22.3 Å². The summed E-state index contributed by atoms with van der Waals surface area (Å²) >= 11 is 0. The molecule has 0 bridgehead atoms. The highest BCUT2D eigenvalue weighted by molar-refractivity contribution is 6.02. The number of hydrogen-bond acceptors (Lipinski definition) is 4. The maximum atomic E-state index is 9.78. The molecular formula is C57H42O4. The number of ether oxygens (including phenoxy) is 2. The molecule has 11 rings (SSSR count). The minimum Gasteiger partial charge on any atom is -0.491 e. The molecule has 0 heterocycles. The van der Waals surface area contributed by atoms with Crippen LogP contribution in [0, 0.1) is 0 Å². The fourth-order valence-corrected chi connectivity index (χ4v) is 9.92. The van der Waals surface area contributed by atoms with Gasteiger partial charge in [-0.25, -0.2) is 0 Å². The number of fused-ring (bicyclic) bond motifs is 7. The Morgan fingerprint density at radius 1 is 0.328 bits per heavy atom. The molecule has 0 spiro atoms. The maximum absolute atomic E-state index is 9.78. The number of benzene rings is 10. The minimum atomic E-state index is -0.793. The van der Waals surface area contributed by atoms with Crippen molar-refractivity contribution in [3.05, 3.63) is 216 Å². The minimum absolute atomic E-state index is 0.0729. The first-order valence-corrected chi connectivity index (χ1v) is 21.0. The van der Waals surface area contributed by atoms with E-state index in [4.69, 9.17) is 9.47 Å². The van der Waals surface area contributed by atoms with E-state index in [1.807, 2.05) is 0 Å². The van der Waals surface area contributed by atoms with Gasteiger partial charge in [0.25, 0.3) is 0 Å². The molecule has 0 unspecified atom stereocenters. The highest BCUT2D eigenvalue weighted by Gasteiger charge is 2.48. The third-order valence-electron chi connectivity index (χ3n) is 12.6. The Labute approximate surface area is 354 Å². The largest absolute Gasteiger partial charge is 0.491 e. The summed E-state index contributed by atoms with van der Waals surface area (Å²) in [5, 5.41) is 28.5. The second-order valence-electron chi connectivity index (χ2n) is 15.9. The lowest BCUT2D eigenvalue weighted by Gasteiger charge is -2.36. The fraction of sp³-hybridized carbons (Fsp3) is 0.0877. The van der Waals surface area contributed by atoms with E-state index in [2.05, 4.69) is 194 Å². The van der Waals surface area contributed by atoms with Crippen LogP contribution in [0.2, 0.25) is 0 Å². The topological polar surface area (TPSA) is 58.9 Å². The number of aliphatic hydroxyl groups is 2. The predicted molar refractivity (Wildman–Crippen MR) is 250 cm³/mol. The Kier molecular flexibility index (Phi) is 9.11. The van der Waals surface area contributed by atoms with E-state index in [0.29, 0.717) is 0 Å². The molecule has 10 aromatic carbocycles. The quantitative estimate of drug-likeness (QED) is 0.145. The van der Waals surface area contributed by atoms with Crippen LogP contribution in [0.3, 0.4) is 0 Å². The van der Waals surface area contributed by atoms with Crippen molar-refractivity contribution in [3.8, 4) is 44.9 Å². The molecule has 0 aliphatic heterocycles. The van der Waals surface area contributed by atoms with Crippen molar-refractivity contribution < 1.29 is 19.7 Å². The number of hydrogen-bond donors (Lipinski definition) is 2. The summed E-state index contributed by atoms with van der Waals surface area (Å²) in [5.74, 6) is 1.47. The molecule has 4 nitrogen and oxygen atoms in total.